The van der Waals surface area contributed by atoms with Crippen molar-refractivity contribution in [3.63, 3.8) is 0 Å². The first-order valence-corrected chi connectivity index (χ1v) is 4.45. The van der Waals surface area contributed by atoms with Crippen molar-refractivity contribution in [3.8, 4) is 0 Å². The van der Waals surface area contributed by atoms with E-state index in [0.29, 0.717) is 0 Å². The van der Waals surface area contributed by atoms with Crippen LogP contribution in [0.3, 0.4) is 0 Å². The zero-order valence-corrected chi connectivity index (χ0v) is 12.0. The molecule has 0 atom stereocenters. The van der Waals surface area contributed by atoms with E-state index in [1.165, 1.54) is 0 Å². The number of hydrogen-bond donors (Lipinski definition) is 0. The molecule has 0 aliphatic carbocycles. The van der Waals surface area contributed by atoms with E-state index in [1.54, 1.807) is 0 Å². The van der Waals surface area contributed by atoms with Crippen molar-refractivity contribution in [2.24, 2.45) is 0 Å². The van der Waals surface area contributed by atoms with Crippen LogP contribution in [0.15, 0.2) is 21.3 Å². The van der Waals surface area contributed by atoms with E-state index >= 15 is 0 Å². The molecule has 0 rings (SSSR count). The quantitative estimate of drug-likeness (QED) is 0.422. The van der Waals surface area contributed by atoms with E-state index in [2.05, 4.69) is 0 Å². The van der Waals surface area contributed by atoms with Crippen LogP contribution in [0.1, 0.15) is 0 Å². The Balaban J connectivity index is -0.000000143. The van der Waals surface area contributed by atoms with Crippen molar-refractivity contribution in [2.45, 2.75) is 0 Å². The van der Waals surface area contributed by atoms with Crippen LogP contribution in [0.2, 0.25) is 0 Å². The van der Waals surface area contributed by atoms with Gasteiger partial charge >= 0.3 is 48.1 Å². The third-order valence-electron chi connectivity index (χ3n) is 0.348. The van der Waals surface area contributed by atoms with Crippen molar-refractivity contribution in [1.82, 2.24) is 0 Å². The predicted octanol–water partition coefficient (Wildman–Crippen LogP) is 4.56. The molecular formula is C4HBr2F6Zn. The van der Waals surface area contributed by atoms with E-state index in [9.17, 15) is 26.3 Å². The van der Waals surface area contributed by atoms with Crippen LogP contribution in [0, 0.1) is 0 Å². The maximum absolute atomic E-state index is 11.0. The van der Waals surface area contributed by atoms with Gasteiger partial charge in [0.05, 0.1) is 0 Å². The van der Waals surface area contributed by atoms with Gasteiger partial charge in [-0.05, 0) is 15.9 Å². The van der Waals surface area contributed by atoms with Crippen LogP contribution < -0.4 is 0 Å². The van der Waals surface area contributed by atoms with Gasteiger partial charge in [0.1, 0.15) is 0 Å². The molecule has 0 fully saturated rings. The van der Waals surface area contributed by atoms with Gasteiger partial charge in [-0.25, -0.2) is 0 Å². The average molecular weight is 388 g/mol. The molecule has 0 bridgehead atoms. The van der Waals surface area contributed by atoms with Gasteiger partial charge in [0.2, 0.25) is 4.74 Å². The molecule has 9 heteroatoms. The van der Waals surface area contributed by atoms with Crippen LogP contribution in [0.5, 0.6) is 0 Å². The van der Waals surface area contributed by atoms with E-state index < -0.39 is 21.3 Å². The molecule has 0 unspecified atom stereocenters. The molecule has 0 saturated carbocycles. The summed E-state index contributed by atoms with van der Waals surface area (Å²) in [6.45, 7) is 0. The zero-order valence-electron chi connectivity index (χ0n) is 5.76. The molecule has 0 heterocycles. The second-order valence-corrected chi connectivity index (χ2v) is 3.18. The molecular weight excluding hydrogens is 387 g/mol. The van der Waals surface area contributed by atoms with Crippen LogP contribution in [0.25, 0.3) is 0 Å². The Hall–Kier alpha value is 0.643. The maximum atomic E-state index is 11.0. The first kappa shape index (κ1) is 19.3. The van der Waals surface area contributed by atoms with Crippen molar-refractivity contribution in [3.05, 3.63) is 21.3 Å². The fourth-order valence-corrected chi connectivity index (χ4v) is 0. The second kappa shape index (κ2) is 10.7. The predicted molar refractivity (Wildman–Crippen MR) is 39.9 cm³/mol. The molecule has 0 amide bonds. The summed E-state index contributed by atoms with van der Waals surface area (Å²) in [6, 6.07) is 0. The summed E-state index contributed by atoms with van der Waals surface area (Å²) < 4.78 is 61.6. The minimum atomic E-state index is -2.32. The van der Waals surface area contributed by atoms with Gasteiger partial charge in [-0.2, -0.15) is 13.2 Å². The summed E-state index contributed by atoms with van der Waals surface area (Å²) >= 11 is 1.81. The summed E-state index contributed by atoms with van der Waals surface area (Å²) in [7, 11) is 0. The van der Waals surface area contributed by atoms with Crippen LogP contribution in [-0.4, -0.2) is 0 Å². The molecule has 0 N–H and O–H groups in total. The third kappa shape index (κ3) is 19.2. The van der Waals surface area contributed by atoms with Crippen molar-refractivity contribution >= 4 is 32.9 Å². The molecule has 0 aromatic rings. The first-order chi connectivity index (χ1) is 5.29. The molecule has 0 aliphatic rings. The molecule has 0 spiro atoms. The monoisotopic (exact) mass is 385 g/mol. The Morgan fingerprint density at radius 2 is 1.00 bits per heavy atom. The number of hydrogen-bond acceptors (Lipinski definition) is 0. The molecule has 75 valence electrons. The fraction of sp³-hybridized carbons (Fsp3) is 0. The summed E-state index contributed by atoms with van der Waals surface area (Å²) in [5.41, 5.74) is 0. The van der Waals surface area contributed by atoms with Crippen LogP contribution in [0.4, 0.5) is 26.3 Å². The summed E-state index contributed by atoms with van der Waals surface area (Å²) in [4.78, 5) is 0. The molecule has 0 aliphatic heterocycles. The number of halogens is 8. The normalized spacial score (nSPS) is 7.46. The van der Waals surface area contributed by atoms with Crippen LogP contribution >= 0.6 is 32.9 Å². The van der Waals surface area contributed by atoms with Gasteiger partial charge in [0.15, 0.2) is 0 Å². The SMILES string of the molecule is Br.FC(F)=C(F)Br.FC(F)=[C](F)[Zn]. The molecule has 0 saturated heterocycles. The van der Waals surface area contributed by atoms with E-state index in [4.69, 9.17) is 0 Å². The Morgan fingerprint density at radius 3 is 1.00 bits per heavy atom. The van der Waals surface area contributed by atoms with E-state index in [1.807, 2.05) is 15.9 Å². The van der Waals surface area contributed by atoms with Crippen molar-refractivity contribution in [2.75, 3.05) is 0 Å². The third-order valence-corrected chi connectivity index (χ3v) is 1.21. The molecule has 0 aromatic carbocycles. The number of rotatable bonds is 0. The summed E-state index contributed by atoms with van der Waals surface area (Å²) in [5, 5.41) is 0. The molecule has 0 aromatic heterocycles. The van der Waals surface area contributed by atoms with Crippen molar-refractivity contribution in [1.29, 1.82) is 0 Å². The minimum absolute atomic E-state index is 0. The van der Waals surface area contributed by atoms with Crippen LogP contribution in [-0.2, 0) is 18.3 Å². The molecule has 0 radical (unpaired) electrons. The fourth-order valence-electron chi connectivity index (χ4n) is 0. The Labute approximate surface area is 98.6 Å². The molecule has 13 heavy (non-hydrogen) atoms. The Bertz CT molecular complexity index is 145. The summed E-state index contributed by atoms with van der Waals surface area (Å²) in [6.07, 6.45) is -4.51. The Morgan fingerprint density at radius 1 is 0.846 bits per heavy atom. The second-order valence-electron chi connectivity index (χ2n) is 1.19. The Kier molecular flexibility index (Phi) is 15.9. The standard InChI is InChI=1S/C2BrF3.C2F3.BrH.Zn/c3-1(4)2(5)6;3-1-2(4)5;;/h;;1H;. The van der Waals surface area contributed by atoms with E-state index in [-0.39, 0.29) is 35.3 Å². The molecule has 0 nitrogen and oxygen atoms in total. The van der Waals surface area contributed by atoms with Gasteiger partial charge in [-0.3, -0.25) is 0 Å². The first-order valence-electron chi connectivity index (χ1n) is 2.18. The summed E-state index contributed by atoms with van der Waals surface area (Å²) in [5.74, 6) is 0. The zero-order chi connectivity index (χ0) is 10.3. The topological polar surface area (TPSA) is 0 Å². The van der Waals surface area contributed by atoms with E-state index in [0.717, 1.165) is 0 Å². The van der Waals surface area contributed by atoms with Gasteiger partial charge in [-0.1, -0.05) is 0 Å². The van der Waals surface area contributed by atoms with Gasteiger partial charge in [0.25, 0.3) is 0 Å². The van der Waals surface area contributed by atoms with Gasteiger partial charge in [0, 0.05) is 0 Å². The van der Waals surface area contributed by atoms with Crippen molar-refractivity contribution < 1.29 is 44.6 Å². The average Bonchev–Trinajstić information content (AvgIpc) is 1.88. The van der Waals surface area contributed by atoms with Gasteiger partial charge < -0.3 is 0 Å². The van der Waals surface area contributed by atoms with Gasteiger partial charge in [-0.15, -0.1) is 17.0 Å².